The van der Waals surface area contributed by atoms with Gasteiger partial charge in [-0.2, -0.15) is 0 Å². The SMILES string of the molecule is CC[O][Sb]([Cl])[O]CC. The first-order chi connectivity index (χ1) is 3.81. The van der Waals surface area contributed by atoms with Crippen molar-refractivity contribution in [2.45, 2.75) is 13.8 Å². The third-order valence-corrected chi connectivity index (χ3v) is 4.40. The zero-order valence-corrected chi connectivity index (χ0v) is 8.36. The molecule has 0 saturated carbocycles. The molecule has 0 spiro atoms. The fourth-order valence-electron chi connectivity index (χ4n) is 0.240. The molecule has 0 amide bonds. The molecule has 50 valence electrons. The molecule has 0 N–H and O–H groups in total. The minimum atomic E-state index is -2.10. The van der Waals surface area contributed by atoms with Gasteiger partial charge in [-0.3, -0.25) is 0 Å². The van der Waals surface area contributed by atoms with Crippen LogP contribution in [0.3, 0.4) is 0 Å². The van der Waals surface area contributed by atoms with Gasteiger partial charge in [0.15, 0.2) is 0 Å². The molecular formula is C4H10ClO2Sb. The third-order valence-electron chi connectivity index (χ3n) is 0.461. The first-order valence-corrected chi connectivity index (χ1v) is 7.84. The Morgan fingerprint density at radius 1 is 1.25 bits per heavy atom. The van der Waals surface area contributed by atoms with Gasteiger partial charge in [0.2, 0.25) is 0 Å². The summed E-state index contributed by atoms with van der Waals surface area (Å²) in [5.74, 6) is 0. The van der Waals surface area contributed by atoms with E-state index in [0.29, 0.717) is 13.2 Å². The second kappa shape index (κ2) is 6.15. The van der Waals surface area contributed by atoms with Crippen molar-refractivity contribution in [1.82, 2.24) is 0 Å². The van der Waals surface area contributed by atoms with Crippen LogP contribution < -0.4 is 0 Å². The summed E-state index contributed by atoms with van der Waals surface area (Å²) in [5, 5.41) is 0. The molecule has 0 aliphatic rings. The predicted octanol–water partition coefficient (Wildman–Crippen LogP) is 1.28. The first-order valence-electron chi connectivity index (χ1n) is 2.53. The molecule has 0 saturated heterocycles. The summed E-state index contributed by atoms with van der Waals surface area (Å²) in [6.07, 6.45) is 0. The van der Waals surface area contributed by atoms with Crippen LogP contribution in [0, 0.1) is 0 Å². The van der Waals surface area contributed by atoms with Gasteiger partial charge in [0.25, 0.3) is 0 Å². The average molecular weight is 247 g/mol. The summed E-state index contributed by atoms with van der Waals surface area (Å²) in [7, 11) is 5.62. The molecule has 0 rings (SSSR count). The molecule has 0 aromatic heterocycles. The Labute approximate surface area is 61.9 Å². The van der Waals surface area contributed by atoms with Crippen molar-refractivity contribution < 1.29 is 6.03 Å². The normalized spacial score (nSPS) is 10.5. The first kappa shape index (κ1) is 9.03. The Bertz CT molecular complexity index is 47.3. The number of rotatable bonds is 4. The molecule has 4 heteroatoms. The van der Waals surface area contributed by atoms with Gasteiger partial charge in [-0.25, -0.2) is 0 Å². The molecule has 0 bridgehead atoms. The maximum atomic E-state index is 5.62. The van der Waals surface area contributed by atoms with E-state index in [1.165, 1.54) is 0 Å². The van der Waals surface area contributed by atoms with Crippen LogP contribution in [0.2, 0.25) is 0 Å². The summed E-state index contributed by atoms with van der Waals surface area (Å²) >= 11 is -2.10. The zero-order valence-electron chi connectivity index (χ0n) is 5.06. The van der Waals surface area contributed by atoms with Crippen molar-refractivity contribution in [2.75, 3.05) is 13.2 Å². The molecule has 0 aliphatic heterocycles. The van der Waals surface area contributed by atoms with Crippen LogP contribution in [0.15, 0.2) is 0 Å². The average Bonchev–Trinajstić information content (AvgIpc) is 1.68. The molecule has 2 nitrogen and oxygen atoms in total. The molecule has 0 aromatic carbocycles. The molecule has 0 unspecified atom stereocenters. The Morgan fingerprint density at radius 2 is 1.62 bits per heavy atom. The number of hydrogen-bond acceptors (Lipinski definition) is 2. The summed E-state index contributed by atoms with van der Waals surface area (Å²) < 4.78 is 10.0. The van der Waals surface area contributed by atoms with E-state index in [4.69, 9.17) is 14.9 Å². The molecule has 0 atom stereocenters. The van der Waals surface area contributed by atoms with Crippen LogP contribution in [-0.4, -0.2) is 33.1 Å². The van der Waals surface area contributed by atoms with Crippen LogP contribution in [0.5, 0.6) is 0 Å². The monoisotopic (exact) mass is 246 g/mol. The van der Waals surface area contributed by atoms with E-state index in [9.17, 15) is 0 Å². The van der Waals surface area contributed by atoms with Crippen molar-refractivity contribution in [3.63, 3.8) is 0 Å². The third kappa shape index (κ3) is 5.17. The van der Waals surface area contributed by atoms with Gasteiger partial charge >= 0.3 is 61.8 Å². The zero-order chi connectivity index (χ0) is 6.41. The van der Waals surface area contributed by atoms with Crippen molar-refractivity contribution in [3.8, 4) is 0 Å². The standard InChI is InChI=1S/2C2H5O.ClH.Sb/c2*1-2-3;;/h2*2H2,1H3;1H;/q2*-1;;+3/p-1. The summed E-state index contributed by atoms with van der Waals surface area (Å²) in [6.45, 7) is 5.18. The number of hydrogen-bond donors (Lipinski definition) is 0. The molecule has 0 aliphatic carbocycles. The Kier molecular flexibility index (Phi) is 6.94. The van der Waals surface area contributed by atoms with E-state index in [-0.39, 0.29) is 0 Å². The molecule has 0 fully saturated rings. The molecule has 0 aromatic rings. The Hall–Kier alpha value is 1.03. The van der Waals surface area contributed by atoms with E-state index < -0.39 is 19.9 Å². The second-order valence-electron chi connectivity index (χ2n) is 1.05. The van der Waals surface area contributed by atoms with Crippen LogP contribution in [0.25, 0.3) is 0 Å². The van der Waals surface area contributed by atoms with Crippen molar-refractivity contribution in [1.29, 1.82) is 0 Å². The van der Waals surface area contributed by atoms with Crippen molar-refractivity contribution in [2.24, 2.45) is 0 Å². The predicted molar refractivity (Wildman–Crippen MR) is 34.9 cm³/mol. The van der Waals surface area contributed by atoms with Crippen LogP contribution in [0.1, 0.15) is 13.8 Å². The maximum absolute atomic E-state index is 5.62. The van der Waals surface area contributed by atoms with Crippen LogP contribution in [0.4, 0.5) is 0 Å². The Balaban J connectivity index is 2.92. The molecule has 8 heavy (non-hydrogen) atoms. The fraction of sp³-hybridized carbons (Fsp3) is 1.00. The van der Waals surface area contributed by atoms with E-state index in [0.717, 1.165) is 0 Å². The molecule has 0 heterocycles. The summed E-state index contributed by atoms with van der Waals surface area (Å²) in [6, 6.07) is 0. The van der Waals surface area contributed by atoms with Crippen molar-refractivity contribution in [3.05, 3.63) is 0 Å². The number of halogens is 1. The summed E-state index contributed by atoms with van der Waals surface area (Å²) in [4.78, 5) is 0. The van der Waals surface area contributed by atoms with Gasteiger partial charge in [0.1, 0.15) is 0 Å². The molecule has 0 radical (unpaired) electrons. The van der Waals surface area contributed by atoms with E-state index in [1.54, 1.807) is 0 Å². The second-order valence-corrected chi connectivity index (χ2v) is 5.59. The van der Waals surface area contributed by atoms with Crippen molar-refractivity contribution >= 4 is 28.7 Å². The quantitative estimate of drug-likeness (QED) is 0.697. The van der Waals surface area contributed by atoms with Crippen LogP contribution in [-0.2, 0) is 6.03 Å². The van der Waals surface area contributed by atoms with E-state index >= 15 is 0 Å². The van der Waals surface area contributed by atoms with Gasteiger partial charge in [-0.05, 0) is 0 Å². The van der Waals surface area contributed by atoms with Gasteiger partial charge in [-0.1, -0.05) is 0 Å². The van der Waals surface area contributed by atoms with Gasteiger partial charge in [0.05, 0.1) is 0 Å². The fourth-order valence-corrected chi connectivity index (χ4v) is 2.92. The van der Waals surface area contributed by atoms with Gasteiger partial charge in [-0.15, -0.1) is 0 Å². The molecular weight excluding hydrogens is 237 g/mol. The van der Waals surface area contributed by atoms with Gasteiger partial charge < -0.3 is 0 Å². The Morgan fingerprint density at radius 3 is 1.88 bits per heavy atom. The van der Waals surface area contributed by atoms with E-state index in [2.05, 4.69) is 0 Å². The van der Waals surface area contributed by atoms with Gasteiger partial charge in [0, 0.05) is 0 Å². The minimum absolute atomic E-state index is 0.673. The van der Waals surface area contributed by atoms with E-state index in [1.807, 2.05) is 13.8 Å². The topological polar surface area (TPSA) is 18.5 Å². The summed E-state index contributed by atoms with van der Waals surface area (Å²) in [5.41, 5.74) is 0. The van der Waals surface area contributed by atoms with Crippen LogP contribution >= 0.6 is 8.83 Å².